The van der Waals surface area contributed by atoms with Gasteiger partial charge in [0, 0.05) is 12.1 Å². The van der Waals surface area contributed by atoms with E-state index in [2.05, 4.69) is 16.0 Å². The third-order valence-electron chi connectivity index (χ3n) is 1.97. The first kappa shape index (κ1) is 11.3. The summed E-state index contributed by atoms with van der Waals surface area (Å²) in [6.07, 6.45) is 6.66. The molecule has 1 unspecified atom stereocenters. The number of methoxy groups -OCH3 is 1. The number of hydrogen-bond acceptors (Lipinski definition) is 4. The van der Waals surface area contributed by atoms with E-state index in [1.807, 2.05) is 6.92 Å². The zero-order valence-electron chi connectivity index (χ0n) is 8.74. The average molecular weight is 207 g/mol. The molecule has 0 aliphatic heterocycles. The lowest BCUT2D eigenvalue weighted by Crippen LogP contribution is -2.24. The third-order valence-corrected chi connectivity index (χ3v) is 1.97. The summed E-state index contributed by atoms with van der Waals surface area (Å²) in [7, 11) is 1.31. The van der Waals surface area contributed by atoms with E-state index < -0.39 is 5.97 Å². The molecule has 1 rings (SSSR count). The Bertz CT molecular complexity index is 375. The molecule has 4 heteroatoms. The molecule has 0 saturated heterocycles. The lowest BCUT2D eigenvalue weighted by Gasteiger charge is -2.06. The van der Waals surface area contributed by atoms with Gasteiger partial charge in [-0.15, -0.1) is 6.42 Å². The van der Waals surface area contributed by atoms with Gasteiger partial charge in [0.15, 0.2) is 0 Å². The highest BCUT2D eigenvalue weighted by atomic mass is 16.5. The number of ether oxygens (including phenoxy) is 1. The summed E-state index contributed by atoms with van der Waals surface area (Å²) < 4.78 is 9.58. The highest BCUT2D eigenvalue weighted by Crippen LogP contribution is 2.11. The van der Waals surface area contributed by atoms with Gasteiger partial charge in [-0.3, -0.25) is 5.32 Å². The Balaban J connectivity index is 2.66. The van der Waals surface area contributed by atoms with E-state index in [1.165, 1.54) is 13.4 Å². The van der Waals surface area contributed by atoms with Gasteiger partial charge in [-0.1, -0.05) is 5.92 Å². The predicted octanol–water partition coefficient (Wildman–Crippen LogP) is 1.18. The van der Waals surface area contributed by atoms with E-state index in [-0.39, 0.29) is 11.8 Å². The summed E-state index contributed by atoms with van der Waals surface area (Å²) in [6, 6.07) is 1.66. The van der Waals surface area contributed by atoms with Crippen LogP contribution in [0, 0.1) is 12.3 Å². The van der Waals surface area contributed by atoms with Gasteiger partial charge in [0.2, 0.25) is 5.76 Å². The van der Waals surface area contributed by atoms with Crippen LogP contribution in [0.4, 0.5) is 0 Å². The van der Waals surface area contributed by atoms with Crippen molar-refractivity contribution in [1.82, 2.24) is 5.32 Å². The molecule has 1 aromatic heterocycles. The van der Waals surface area contributed by atoms with E-state index in [0.717, 1.165) is 5.56 Å². The van der Waals surface area contributed by atoms with Crippen molar-refractivity contribution in [2.24, 2.45) is 0 Å². The van der Waals surface area contributed by atoms with E-state index >= 15 is 0 Å². The minimum Gasteiger partial charge on any atom is -0.463 e. The minimum atomic E-state index is -0.481. The Morgan fingerprint density at radius 1 is 1.80 bits per heavy atom. The molecule has 1 heterocycles. The first-order chi connectivity index (χ1) is 7.19. The monoisotopic (exact) mass is 207 g/mol. The molecule has 1 atom stereocenters. The van der Waals surface area contributed by atoms with Gasteiger partial charge in [-0.2, -0.15) is 0 Å². The van der Waals surface area contributed by atoms with Crippen molar-refractivity contribution in [1.29, 1.82) is 0 Å². The second kappa shape index (κ2) is 5.23. The van der Waals surface area contributed by atoms with Gasteiger partial charge >= 0.3 is 5.97 Å². The van der Waals surface area contributed by atoms with Gasteiger partial charge in [-0.05, 0) is 13.0 Å². The topological polar surface area (TPSA) is 51.5 Å². The van der Waals surface area contributed by atoms with Gasteiger partial charge in [0.05, 0.1) is 19.4 Å². The summed E-state index contributed by atoms with van der Waals surface area (Å²) in [5, 5.41) is 3.05. The second-order valence-electron chi connectivity index (χ2n) is 3.04. The van der Waals surface area contributed by atoms with Crippen LogP contribution in [-0.4, -0.2) is 19.1 Å². The normalized spacial score (nSPS) is 11.8. The van der Waals surface area contributed by atoms with Crippen LogP contribution < -0.4 is 5.32 Å². The fourth-order valence-electron chi connectivity index (χ4n) is 1.07. The van der Waals surface area contributed by atoms with Crippen molar-refractivity contribution in [2.45, 2.75) is 19.5 Å². The summed E-state index contributed by atoms with van der Waals surface area (Å²) >= 11 is 0. The van der Waals surface area contributed by atoms with Crippen LogP contribution in [0.3, 0.4) is 0 Å². The average Bonchev–Trinajstić information content (AvgIpc) is 2.72. The van der Waals surface area contributed by atoms with Crippen molar-refractivity contribution in [3.05, 3.63) is 23.7 Å². The highest BCUT2D eigenvalue weighted by Gasteiger charge is 2.15. The molecule has 0 aromatic carbocycles. The maximum atomic E-state index is 11.2. The Hall–Kier alpha value is -1.73. The summed E-state index contributed by atoms with van der Waals surface area (Å²) in [6.45, 7) is 2.34. The Morgan fingerprint density at radius 3 is 3.13 bits per heavy atom. The number of nitrogens with one attached hydrogen (secondary N) is 1. The molecule has 0 bridgehead atoms. The lowest BCUT2D eigenvalue weighted by atomic mass is 10.2. The second-order valence-corrected chi connectivity index (χ2v) is 3.04. The number of furan rings is 1. The molecule has 4 nitrogen and oxygen atoms in total. The molecule has 0 spiro atoms. The van der Waals surface area contributed by atoms with Gasteiger partial charge in [0.1, 0.15) is 0 Å². The van der Waals surface area contributed by atoms with Crippen molar-refractivity contribution in [3.63, 3.8) is 0 Å². The van der Waals surface area contributed by atoms with Crippen LogP contribution in [0.1, 0.15) is 23.0 Å². The number of rotatable bonds is 4. The third kappa shape index (κ3) is 2.86. The van der Waals surface area contributed by atoms with E-state index in [1.54, 1.807) is 6.07 Å². The number of carbonyl (C=O) groups excluding carboxylic acids is 1. The molecule has 80 valence electrons. The van der Waals surface area contributed by atoms with Crippen molar-refractivity contribution in [2.75, 3.05) is 7.11 Å². The fraction of sp³-hybridized carbons (Fsp3) is 0.364. The highest BCUT2D eigenvalue weighted by molar-refractivity contribution is 5.87. The molecular formula is C11H13NO3. The lowest BCUT2D eigenvalue weighted by molar-refractivity contribution is 0.0563. The SMILES string of the molecule is C#CC(C)NCc1ccoc1C(=O)OC. The standard InChI is InChI=1S/C11H13NO3/c1-4-8(2)12-7-9-5-6-15-10(9)11(13)14-3/h1,5-6,8,12H,7H2,2-3H3. The molecule has 15 heavy (non-hydrogen) atoms. The number of terminal acetylenes is 1. The molecule has 0 fully saturated rings. The number of esters is 1. The van der Waals surface area contributed by atoms with E-state index in [0.29, 0.717) is 6.54 Å². The first-order valence-electron chi connectivity index (χ1n) is 4.53. The predicted molar refractivity (Wildman–Crippen MR) is 55.2 cm³/mol. The zero-order valence-corrected chi connectivity index (χ0v) is 8.74. The molecule has 1 aromatic rings. The van der Waals surface area contributed by atoms with Crippen molar-refractivity contribution in [3.8, 4) is 12.3 Å². The number of carbonyl (C=O) groups is 1. The first-order valence-corrected chi connectivity index (χ1v) is 4.53. The molecule has 0 amide bonds. The summed E-state index contributed by atoms with van der Waals surface area (Å²) in [5.41, 5.74) is 0.740. The molecule has 0 aliphatic rings. The Morgan fingerprint density at radius 2 is 2.53 bits per heavy atom. The van der Waals surface area contributed by atoms with Crippen LogP contribution in [0.15, 0.2) is 16.7 Å². The smallest absolute Gasteiger partial charge is 0.374 e. The molecule has 0 aliphatic carbocycles. The van der Waals surface area contributed by atoms with Crippen LogP contribution in [0.25, 0.3) is 0 Å². The van der Waals surface area contributed by atoms with Gasteiger partial charge in [-0.25, -0.2) is 4.79 Å². The van der Waals surface area contributed by atoms with Gasteiger partial charge in [0.25, 0.3) is 0 Å². The maximum Gasteiger partial charge on any atom is 0.374 e. The molecule has 1 N–H and O–H groups in total. The minimum absolute atomic E-state index is 0.0506. The van der Waals surface area contributed by atoms with Crippen LogP contribution >= 0.6 is 0 Å². The zero-order chi connectivity index (χ0) is 11.3. The van der Waals surface area contributed by atoms with E-state index in [9.17, 15) is 4.79 Å². The van der Waals surface area contributed by atoms with Crippen LogP contribution in [0.2, 0.25) is 0 Å². The molecule has 0 saturated carbocycles. The van der Waals surface area contributed by atoms with Gasteiger partial charge < -0.3 is 9.15 Å². The van der Waals surface area contributed by atoms with Crippen molar-refractivity contribution < 1.29 is 13.9 Å². The summed E-state index contributed by atoms with van der Waals surface area (Å²) in [4.78, 5) is 11.2. The maximum absolute atomic E-state index is 11.2. The quantitative estimate of drug-likeness (QED) is 0.595. The van der Waals surface area contributed by atoms with Crippen LogP contribution in [-0.2, 0) is 11.3 Å². The van der Waals surface area contributed by atoms with Crippen LogP contribution in [0.5, 0.6) is 0 Å². The molecular weight excluding hydrogens is 194 g/mol. The summed E-state index contributed by atoms with van der Waals surface area (Å²) in [5.74, 6) is 2.27. The largest absolute Gasteiger partial charge is 0.463 e. The Labute approximate surface area is 88.6 Å². The van der Waals surface area contributed by atoms with E-state index in [4.69, 9.17) is 10.8 Å². The fourth-order valence-corrected chi connectivity index (χ4v) is 1.07. The molecule has 0 radical (unpaired) electrons. The Kier molecular flexibility index (Phi) is 3.95. The van der Waals surface area contributed by atoms with Crippen molar-refractivity contribution >= 4 is 5.97 Å². The number of hydrogen-bond donors (Lipinski definition) is 1.